The number of nitrogens with zero attached hydrogens (tertiary/aromatic N) is 5. The summed E-state index contributed by atoms with van der Waals surface area (Å²) in [6.45, 7) is 1.83. The van der Waals surface area contributed by atoms with E-state index in [1.807, 2.05) is 13.0 Å². The monoisotopic (exact) mass is 427 g/mol. The van der Waals surface area contributed by atoms with E-state index in [2.05, 4.69) is 52.7 Å². The quantitative estimate of drug-likeness (QED) is 0.665. The van der Waals surface area contributed by atoms with E-state index in [1.165, 1.54) is 22.1 Å². The molecule has 1 aromatic carbocycles. The van der Waals surface area contributed by atoms with Crippen LogP contribution in [0, 0.1) is 0 Å². The van der Waals surface area contributed by atoms with Crippen molar-refractivity contribution in [2.45, 2.75) is 32.2 Å². The number of fused-ring (bicyclic) bond motifs is 1. The number of aromatic nitrogens is 5. The summed E-state index contributed by atoms with van der Waals surface area (Å²) in [4.78, 5) is 25.1. The normalized spacial score (nSPS) is 13.9. The number of hydrogen-bond donors (Lipinski definition) is 2. The van der Waals surface area contributed by atoms with Crippen LogP contribution in [0.15, 0.2) is 41.4 Å². The third-order valence-corrected chi connectivity index (χ3v) is 5.14. The minimum Gasteiger partial charge on any atom is -0.328 e. The first-order valence-corrected chi connectivity index (χ1v) is 9.47. The highest BCUT2D eigenvalue weighted by molar-refractivity contribution is 9.10. The number of carbonyl (C=O) groups excluding carboxylic acids is 1. The minimum absolute atomic E-state index is 0.315. The third-order valence-electron chi connectivity index (χ3n) is 4.48. The van der Waals surface area contributed by atoms with E-state index in [9.17, 15) is 4.79 Å². The molecule has 9 heteroatoms. The van der Waals surface area contributed by atoms with E-state index in [0.29, 0.717) is 11.8 Å². The maximum atomic E-state index is 12.5. The second-order valence-corrected chi connectivity index (χ2v) is 7.21. The van der Waals surface area contributed by atoms with Gasteiger partial charge in [0.15, 0.2) is 5.82 Å². The van der Waals surface area contributed by atoms with Gasteiger partial charge >= 0.3 is 6.03 Å². The van der Waals surface area contributed by atoms with E-state index in [1.54, 1.807) is 18.5 Å². The van der Waals surface area contributed by atoms with Gasteiger partial charge in [-0.2, -0.15) is 9.78 Å². The number of rotatable bonds is 4. The topological polar surface area (TPSA) is 97.6 Å². The Morgan fingerprint density at radius 2 is 1.93 bits per heavy atom. The summed E-state index contributed by atoms with van der Waals surface area (Å²) in [6, 6.07) is 5.15. The number of anilines is 1. The van der Waals surface area contributed by atoms with Gasteiger partial charge in [-0.15, -0.1) is 0 Å². The Hall–Kier alpha value is -2.81. The molecular formula is C18H18BrN7O. The highest BCUT2D eigenvalue weighted by atomic mass is 79.9. The van der Waals surface area contributed by atoms with Crippen molar-refractivity contribution in [2.75, 3.05) is 5.32 Å². The van der Waals surface area contributed by atoms with Crippen LogP contribution in [0.4, 0.5) is 10.5 Å². The van der Waals surface area contributed by atoms with Gasteiger partial charge in [0.1, 0.15) is 6.33 Å². The van der Waals surface area contributed by atoms with Gasteiger partial charge < -0.3 is 10.6 Å². The van der Waals surface area contributed by atoms with Gasteiger partial charge in [-0.3, -0.25) is 0 Å². The van der Waals surface area contributed by atoms with Crippen LogP contribution in [-0.2, 0) is 12.8 Å². The number of urea groups is 1. The zero-order valence-electron chi connectivity index (χ0n) is 14.7. The van der Waals surface area contributed by atoms with Crippen LogP contribution in [0.25, 0.3) is 5.95 Å². The molecule has 8 nitrogen and oxygen atoms in total. The summed E-state index contributed by atoms with van der Waals surface area (Å²) < 4.78 is 2.39. The lowest BCUT2D eigenvalue weighted by Crippen LogP contribution is -2.33. The van der Waals surface area contributed by atoms with Gasteiger partial charge in [0.2, 0.25) is 0 Å². The Labute approximate surface area is 164 Å². The van der Waals surface area contributed by atoms with Crippen molar-refractivity contribution < 1.29 is 4.79 Å². The molecule has 2 heterocycles. The highest BCUT2D eigenvalue weighted by Crippen LogP contribution is 2.31. The van der Waals surface area contributed by atoms with Crippen LogP contribution < -0.4 is 10.6 Å². The Balaban J connectivity index is 1.47. The lowest BCUT2D eigenvalue weighted by atomic mass is 10.1. The van der Waals surface area contributed by atoms with Gasteiger partial charge in [-0.25, -0.2) is 19.7 Å². The average Bonchev–Trinajstić information content (AvgIpc) is 3.31. The van der Waals surface area contributed by atoms with Gasteiger partial charge in [0, 0.05) is 16.9 Å². The fourth-order valence-electron chi connectivity index (χ4n) is 3.21. The van der Waals surface area contributed by atoms with Crippen molar-refractivity contribution in [3.8, 4) is 5.95 Å². The molecule has 1 aliphatic carbocycles. The summed E-state index contributed by atoms with van der Waals surface area (Å²) in [6.07, 6.45) is 7.97. The molecular weight excluding hydrogens is 410 g/mol. The van der Waals surface area contributed by atoms with Crippen LogP contribution in [-0.4, -0.2) is 30.8 Å². The van der Waals surface area contributed by atoms with Gasteiger partial charge in [-0.1, -0.05) is 0 Å². The maximum Gasteiger partial charge on any atom is 0.319 e. The van der Waals surface area contributed by atoms with Crippen molar-refractivity contribution in [2.24, 2.45) is 0 Å². The number of aryl methyl sites for hydroxylation is 2. The molecule has 0 aliphatic heterocycles. The molecule has 0 unspecified atom stereocenters. The molecule has 2 N–H and O–H groups in total. The number of nitrogens with one attached hydrogen (secondary N) is 2. The summed E-state index contributed by atoms with van der Waals surface area (Å²) in [7, 11) is 0. The number of carbonyl (C=O) groups is 1. The van der Waals surface area contributed by atoms with Crippen LogP contribution in [0.5, 0.6) is 0 Å². The molecule has 0 saturated heterocycles. The number of hydrogen-bond acceptors (Lipinski definition) is 5. The second kappa shape index (κ2) is 7.43. The highest BCUT2D eigenvalue weighted by Gasteiger charge is 2.19. The van der Waals surface area contributed by atoms with Gasteiger partial charge in [0.25, 0.3) is 5.95 Å². The van der Waals surface area contributed by atoms with Crippen molar-refractivity contribution in [1.82, 2.24) is 30.0 Å². The predicted octanol–water partition coefficient (Wildman–Crippen LogP) is 3.19. The molecule has 2 aromatic heterocycles. The summed E-state index contributed by atoms with van der Waals surface area (Å²) in [5.74, 6) is 0.949. The lowest BCUT2D eigenvalue weighted by molar-refractivity contribution is 0.248. The second-order valence-electron chi connectivity index (χ2n) is 6.35. The van der Waals surface area contributed by atoms with Crippen molar-refractivity contribution in [3.05, 3.63) is 58.3 Å². The van der Waals surface area contributed by atoms with E-state index >= 15 is 0 Å². The Morgan fingerprint density at radius 1 is 1.19 bits per heavy atom. The molecule has 0 saturated carbocycles. The Kier molecular flexibility index (Phi) is 4.85. The van der Waals surface area contributed by atoms with Gasteiger partial charge in [0.05, 0.1) is 11.7 Å². The molecule has 0 fully saturated rings. The predicted molar refractivity (Wildman–Crippen MR) is 104 cm³/mol. The largest absolute Gasteiger partial charge is 0.328 e. The SMILES string of the molecule is C[C@H](NC(=O)Nc1cc2c(cc1Br)CCC2)c1ncnn1-c1ncccn1. The van der Waals surface area contributed by atoms with Crippen LogP contribution in [0.3, 0.4) is 0 Å². The maximum absolute atomic E-state index is 12.5. The number of benzene rings is 1. The van der Waals surface area contributed by atoms with E-state index in [-0.39, 0.29) is 12.1 Å². The van der Waals surface area contributed by atoms with Crippen LogP contribution in [0.2, 0.25) is 0 Å². The molecule has 138 valence electrons. The summed E-state index contributed by atoms with van der Waals surface area (Å²) in [5.41, 5.74) is 3.40. The molecule has 0 spiro atoms. The Morgan fingerprint density at radius 3 is 2.70 bits per heavy atom. The van der Waals surface area contributed by atoms with Crippen molar-refractivity contribution >= 4 is 27.6 Å². The molecule has 0 bridgehead atoms. The molecule has 4 rings (SSSR count). The fraction of sp³-hybridized carbons (Fsp3) is 0.278. The summed E-state index contributed by atoms with van der Waals surface area (Å²) in [5, 5.41) is 9.95. The fourth-order valence-corrected chi connectivity index (χ4v) is 3.70. The minimum atomic E-state index is -0.385. The first-order chi connectivity index (χ1) is 13.1. The molecule has 1 aliphatic rings. The van der Waals surface area contributed by atoms with Crippen molar-refractivity contribution in [3.63, 3.8) is 0 Å². The molecule has 27 heavy (non-hydrogen) atoms. The van der Waals surface area contributed by atoms with E-state index < -0.39 is 0 Å². The lowest BCUT2D eigenvalue weighted by Gasteiger charge is -2.16. The Bertz CT molecular complexity index is 973. The number of amides is 2. The van der Waals surface area contributed by atoms with E-state index in [4.69, 9.17) is 0 Å². The first kappa shape index (κ1) is 17.6. The first-order valence-electron chi connectivity index (χ1n) is 8.68. The van der Waals surface area contributed by atoms with E-state index in [0.717, 1.165) is 29.4 Å². The summed E-state index contributed by atoms with van der Waals surface area (Å²) >= 11 is 3.54. The average molecular weight is 428 g/mol. The van der Waals surface area contributed by atoms with Crippen LogP contribution >= 0.6 is 15.9 Å². The molecule has 2 amide bonds. The van der Waals surface area contributed by atoms with Crippen LogP contribution in [0.1, 0.15) is 36.3 Å². The zero-order valence-corrected chi connectivity index (χ0v) is 16.3. The smallest absolute Gasteiger partial charge is 0.319 e. The molecule has 1 atom stereocenters. The standard InChI is InChI=1S/C18H18BrN7O/c1-11(16-22-10-23-26(16)17-20-6-3-7-21-17)24-18(27)25-15-9-13-5-2-4-12(13)8-14(15)19/h3,6-11H,2,4-5H2,1H3,(H2,24,25,27)/t11-/m0/s1. The third kappa shape index (κ3) is 3.68. The zero-order chi connectivity index (χ0) is 18.8. The number of halogens is 1. The van der Waals surface area contributed by atoms with Gasteiger partial charge in [-0.05, 0) is 71.4 Å². The molecule has 3 aromatic rings. The van der Waals surface area contributed by atoms with Crippen molar-refractivity contribution in [1.29, 1.82) is 0 Å². The molecule has 0 radical (unpaired) electrons.